The van der Waals surface area contributed by atoms with Crippen molar-refractivity contribution in [2.75, 3.05) is 5.73 Å². The van der Waals surface area contributed by atoms with Gasteiger partial charge in [0.2, 0.25) is 5.95 Å². The molecule has 5 nitrogen and oxygen atoms in total. The summed E-state index contributed by atoms with van der Waals surface area (Å²) in [5.41, 5.74) is 10.3. The van der Waals surface area contributed by atoms with Crippen molar-refractivity contribution in [2.24, 2.45) is 7.05 Å². The van der Waals surface area contributed by atoms with Crippen molar-refractivity contribution in [3.63, 3.8) is 0 Å². The number of hydrogen-bond acceptors (Lipinski definition) is 3. The van der Waals surface area contributed by atoms with Gasteiger partial charge in [-0.1, -0.05) is 6.07 Å². The smallest absolute Gasteiger partial charge is 0.201 e. The van der Waals surface area contributed by atoms with E-state index in [2.05, 4.69) is 23.1 Å². The summed E-state index contributed by atoms with van der Waals surface area (Å²) in [6.45, 7) is 2.75. The molecule has 2 aromatic heterocycles. The van der Waals surface area contributed by atoms with Crippen molar-refractivity contribution in [2.45, 2.75) is 13.5 Å². The minimum Gasteiger partial charge on any atom is -0.369 e. The number of benzene rings is 1. The number of nitrogens with two attached hydrogens (primary N) is 1. The third-order valence-electron chi connectivity index (χ3n) is 3.18. The monoisotopic (exact) mass is 241 g/mol. The molecule has 0 spiro atoms. The molecule has 0 fully saturated rings. The van der Waals surface area contributed by atoms with Crippen LogP contribution in [0.4, 0.5) is 5.95 Å². The molecule has 0 saturated carbocycles. The van der Waals surface area contributed by atoms with Gasteiger partial charge in [-0.15, -0.1) is 0 Å². The molecule has 1 aromatic carbocycles. The normalized spacial score (nSPS) is 11.2. The van der Waals surface area contributed by atoms with Gasteiger partial charge >= 0.3 is 0 Å². The topological polar surface area (TPSA) is 61.7 Å². The summed E-state index contributed by atoms with van der Waals surface area (Å²) in [6, 6.07) is 8.14. The van der Waals surface area contributed by atoms with Crippen LogP contribution >= 0.6 is 0 Å². The Morgan fingerprint density at radius 3 is 2.83 bits per heavy atom. The zero-order valence-electron chi connectivity index (χ0n) is 10.5. The molecule has 0 aliphatic rings. The first-order valence-corrected chi connectivity index (χ1v) is 5.84. The minimum atomic E-state index is 0.539. The Kier molecular flexibility index (Phi) is 2.33. The average Bonchev–Trinajstić information content (AvgIpc) is 2.86. The van der Waals surface area contributed by atoms with E-state index >= 15 is 0 Å². The second-order valence-corrected chi connectivity index (χ2v) is 4.49. The SMILES string of the molecule is Cc1ccc2nc(N)n(Cc3ccnn3C)c2c1. The molecule has 2 heterocycles. The highest BCUT2D eigenvalue weighted by atomic mass is 15.3. The first-order valence-electron chi connectivity index (χ1n) is 5.84. The highest BCUT2D eigenvalue weighted by Crippen LogP contribution is 2.20. The van der Waals surface area contributed by atoms with E-state index in [1.807, 2.05) is 34.5 Å². The number of aryl methyl sites for hydroxylation is 2. The van der Waals surface area contributed by atoms with Gasteiger partial charge in [-0.25, -0.2) is 4.98 Å². The van der Waals surface area contributed by atoms with Crippen LogP contribution in [-0.4, -0.2) is 19.3 Å². The summed E-state index contributed by atoms with van der Waals surface area (Å²) in [6.07, 6.45) is 1.79. The van der Waals surface area contributed by atoms with Crippen LogP contribution in [0.5, 0.6) is 0 Å². The molecule has 18 heavy (non-hydrogen) atoms. The van der Waals surface area contributed by atoms with Crippen molar-refractivity contribution in [3.8, 4) is 0 Å². The maximum absolute atomic E-state index is 5.99. The first kappa shape index (κ1) is 10.8. The predicted molar refractivity (Wildman–Crippen MR) is 71.2 cm³/mol. The van der Waals surface area contributed by atoms with Crippen LogP contribution in [-0.2, 0) is 13.6 Å². The molecule has 0 radical (unpaired) electrons. The quantitative estimate of drug-likeness (QED) is 0.743. The summed E-state index contributed by atoms with van der Waals surface area (Å²) in [7, 11) is 1.93. The number of anilines is 1. The third-order valence-corrected chi connectivity index (χ3v) is 3.18. The molecular weight excluding hydrogens is 226 g/mol. The maximum atomic E-state index is 5.99. The Morgan fingerprint density at radius 1 is 1.28 bits per heavy atom. The van der Waals surface area contributed by atoms with E-state index in [9.17, 15) is 0 Å². The molecule has 0 aliphatic carbocycles. The van der Waals surface area contributed by atoms with Crippen LogP contribution in [0.2, 0.25) is 0 Å². The number of imidazole rings is 1. The minimum absolute atomic E-state index is 0.539. The van der Waals surface area contributed by atoms with Crippen molar-refractivity contribution >= 4 is 17.0 Å². The van der Waals surface area contributed by atoms with Crippen molar-refractivity contribution < 1.29 is 0 Å². The third kappa shape index (κ3) is 1.64. The van der Waals surface area contributed by atoms with E-state index in [0.717, 1.165) is 16.7 Å². The van der Waals surface area contributed by atoms with Crippen LogP contribution in [0.1, 0.15) is 11.3 Å². The molecule has 0 saturated heterocycles. The van der Waals surface area contributed by atoms with Crippen LogP contribution in [0.3, 0.4) is 0 Å². The Hall–Kier alpha value is -2.30. The van der Waals surface area contributed by atoms with Crippen LogP contribution in [0, 0.1) is 6.92 Å². The zero-order valence-corrected chi connectivity index (χ0v) is 10.5. The molecule has 3 aromatic rings. The number of hydrogen-bond donors (Lipinski definition) is 1. The van der Waals surface area contributed by atoms with E-state index in [0.29, 0.717) is 12.5 Å². The van der Waals surface area contributed by atoms with Gasteiger partial charge in [0.1, 0.15) is 0 Å². The molecule has 92 valence electrons. The number of rotatable bonds is 2. The number of nitrogens with zero attached hydrogens (tertiary/aromatic N) is 4. The van der Waals surface area contributed by atoms with E-state index in [1.165, 1.54) is 5.56 Å². The van der Waals surface area contributed by atoms with E-state index < -0.39 is 0 Å². The van der Waals surface area contributed by atoms with E-state index in [-0.39, 0.29) is 0 Å². The summed E-state index contributed by atoms with van der Waals surface area (Å²) in [5.74, 6) is 0.539. The van der Waals surface area contributed by atoms with Crippen molar-refractivity contribution in [1.82, 2.24) is 19.3 Å². The second kappa shape index (κ2) is 3.87. The molecule has 0 amide bonds. The molecule has 0 unspecified atom stereocenters. The van der Waals surface area contributed by atoms with Crippen LogP contribution in [0.25, 0.3) is 11.0 Å². The lowest BCUT2D eigenvalue weighted by atomic mass is 10.2. The lowest BCUT2D eigenvalue weighted by molar-refractivity contribution is 0.678. The van der Waals surface area contributed by atoms with E-state index in [1.54, 1.807) is 6.20 Å². The summed E-state index contributed by atoms with van der Waals surface area (Å²) >= 11 is 0. The molecular formula is C13H15N5. The largest absolute Gasteiger partial charge is 0.369 e. The Labute approximate surface area is 105 Å². The molecule has 0 atom stereocenters. The van der Waals surface area contributed by atoms with Crippen molar-refractivity contribution in [3.05, 3.63) is 41.7 Å². The van der Waals surface area contributed by atoms with Crippen LogP contribution in [0.15, 0.2) is 30.5 Å². The molecule has 0 bridgehead atoms. The fourth-order valence-electron chi connectivity index (χ4n) is 2.14. The average molecular weight is 241 g/mol. The van der Waals surface area contributed by atoms with Crippen LogP contribution < -0.4 is 5.73 Å². The molecule has 2 N–H and O–H groups in total. The van der Waals surface area contributed by atoms with Gasteiger partial charge in [0.25, 0.3) is 0 Å². The Morgan fingerprint density at radius 2 is 2.11 bits per heavy atom. The Balaban J connectivity index is 2.13. The molecule has 3 rings (SSSR count). The Bertz CT molecular complexity index is 707. The number of aromatic nitrogens is 4. The first-order chi connectivity index (χ1) is 8.65. The van der Waals surface area contributed by atoms with Gasteiger partial charge in [-0.3, -0.25) is 4.68 Å². The standard InChI is InChI=1S/C13H15N5/c1-9-3-4-11-12(7-9)18(13(14)16-11)8-10-5-6-15-17(10)2/h3-7H,8H2,1-2H3,(H2,14,16). The van der Waals surface area contributed by atoms with Gasteiger partial charge in [0, 0.05) is 13.2 Å². The maximum Gasteiger partial charge on any atom is 0.201 e. The van der Waals surface area contributed by atoms with Gasteiger partial charge < -0.3 is 10.3 Å². The predicted octanol–water partition coefficient (Wildman–Crippen LogP) is 1.71. The lowest BCUT2D eigenvalue weighted by Crippen LogP contribution is -2.08. The fourth-order valence-corrected chi connectivity index (χ4v) is 2.14. The van der Waals surface area contributed by atoms with Gasteiger partial charge in [-0.2, -0.15) is 5.10 Å². The van der Waals surface area contributed by atoms with Gasteiger partial charge in [-0.05, 0) is 30.7 Å². The fraction of sp³-hybridized carbons (Fsp3) is 0.231. The van der Waals surface area contributed by atoms with Gasteiger partial charge in [0.15, 0.2) is 0 Å². The highest BCUT2D eigenvalue weighted by molar-refractivity contribution is 5.79. The molecule has 5 heteroatoms. The highest BCUT2D eigenvalue weighted by Gasteiger charge is 2.10. The van der Waals surface area contributed by atoms with Crippen molar-refractivity contribution in [1.29, 1.82) is 0 Å². The second-order valence-electron chi connectivity index (χ2n) is 4.49. The number of fused-ring (bicyclic) bond motifs is 1. The summed E-state index contributed by atoms with van der Waals surface area (Å²) in [5, 5.41) is 4.17. The van der Waals surface area contributed by atoms with E-state index in [4.69, 9.17) is 5.73 Å². The summed E-state index contributed by atoms with van der Waals surface area (Å²) in [4.78, 5) is 4.38. The molecule has 0 aliphatic heterocycles. The lowest BCUT2D eigenvalue weighted by Gasteiger charge is -2.07. The number of nitrogen functional groups attached to an aromatic ring is 1. The summed E-state index contributed by atoms with van der Waals surface area (Å²) < 4.78 is 3.86. The zero-order chi connectivity index (χ0) is 12.7. The van der Waals surface area contributed by atoms with Gasteiger partial charge in [0.05, 0.1) is 23.3 Å².